The highest BCUT2D eigenvalue weighted by Crippen LogP contribution is 2.24. The highest BCUT2D eigenvalue weighted by Gasteiger charge is 2.30. The van der Waals surface area contributed by atoms with E-state index in [1.54, 1.807) is 0 Å². The molecule has 0 spiro atoms. The molecular weight excluding hydrogens is 228 g/mol. The fourth-order valence-corrected chi connectivity index (χ4v) is 2.08. The minimum absolute atomic E-state index is 0.309. The third-order valence-electron chi connectivity index (χ3n) is 3.00. The van der Waals surface area contributed by atoms with Gasteiger partial charge < -0.3 is 10.1 Å². The lowest BCUT2D eigenvalue weighted by Gasteiger charge is -2.13. The number of ether oxygens (including phenoxy) is 1. The zero-order valence-electron chi connectivity index (χ0n) is 11.2. The van der Waals surface area contributed by atoms with Crippen molar-refractivity contribution in [3.8, 4) is 0 Å². The zero-order chi connectivity index (χ0) is 13.1. The molecule has 1 aliphatic heterocycles. The first kappa shape index (κ1) is 13.0. The lowest BCUT2D eigenvalue weighted by atomic mass is 10.2. The summed E-state index contributed by atoms with van der Waals surface area (Å²) in [7, 11) is 0. The van der Waals surface area contributed by atoms with Gasteiger partial charge in [-0.15, -0.1) is 0 Å². The van der Waals surface area contributed by atoms with Crippen LogP contribution in [0.15, 0.2) is 0 Å². The first-order chi connectivity index (χ1) is 8.71. The average Bonchev–Trinajstić information content (AvgIpc) is 2.71. The molecule has 1 aliphatic rings. The molecule has 0 radical (unpaired) electrons. The number of hydrogen-bond donors (Lipinski definition) is 2. The summed E-state index contributed by atoms with van der Waals surface area (Å²) in [5.74, 6) is 0.316. The van der Waals surface area contributed by atoms with Gasteiger partial charge in [-0.2, -0.15) is 0 Å². The van der Waals surface area contributed by atoms with E-state index >= 15 is 0 Å². The third-order valence-corrected chi connectivity index (χ3v) is 3.00. The molecule has 1 aromatic rings. The SMILES string of the molecule is CCCOC1NC(=N)c2nc(CC)c(CC)nc21. The Bertz CT molecular complexity index is 459. The van der Waals surface area contributed by atoms with Gasteiger partial charge in [0, 0.05) is 6.61 Å². The summed E-state index contributed by atoms with van der Waals surface area (Å²) in [6.45, 7) is 6.85. The highest BCUT2D eigenvalue weighted by molar-refractivity contribution is 5.98. The second-order valence-electron chi connectivity index (χ2n) is 4.33. The van der Waals surface area contributed by atoms with Crippen molar-refractivity contribution in [1.82, 2.24) is 15.3 Å². The van der Waals surface area contributed by atoms with Crippen molar-refractivity contribution in [2.45, 2.75) is 46.3 Å². The van der Waals surface area contributed by atoms with E-state index in [0.29, 0.717) is 18.1 Å². The van der Waals surface area contributed by atoms with Crippen molar-refractivity contribution in [2.75, 3.05) is 6.61 Å². The van der Waals surface area contributed by atoms with Crippen LogP contribution in [0.25, 0.3) is 0 Å². The summed E-state index contributed by atoms with van der Waals surface area (Å²) in [5.41, 5.74) is 3.41. The largest absolute Gasteiger partial charge is 0.352 e. The Hall–Kier alpha value is -1.49. The molecule has 2 rings (SSSR count). The molecular formula is C13H20N4O. The molecule has 0 aliphatic carbocycles. The minimum Gasteiger partial charge on any atom is -0.352 e. The maximum atomic E-state index is 7.90. The van der Waals surface area contributed by atoms with Crippen LogP contribution in [0.5, 0.6) is 0 Å². The van der Waals surface area contributed by atoms with Crippen LogP contribution in [0.1, 0.15) is 56.2 Å². The fourth-order valence-electron chi connectivity index (χ4n) is 2.08. The van der Waals surface area contributed by atoms with Gasteiger partial charge in [-0.05, 0) is 19.3 Å². The number of aryl methyl sites for hydroxylation is 2. The Kier molecular flexibility index (Phi) is 3.91. The molecule has 0 amide bonds. The van der Waals surface area contributed by atoms with Crippen LogP contribution < -0.4 is 5.32 Å². The summed E-state index contributed by atoms with van der Waals surface area (Å²) < 4.78 is 5.67. The molecule has 0 aromatic carbocycles. The Morgan fingerprint density at radius 3 is 2.44 bits per heavy atom. The van der Waals surface area contributed by atoms with Gasteiger partial charge in [-0.3, -0.25) is 5.41 Å². The van der Waals surface area contributed by atoms with Crippen molar-refractivity contribution in [1.29, 1.82) is 5.41 Å². The molecule has 0 saturated heterocycles. The number of amidine groups is 1. The molecule has 2 heterocycles. The molecule has 98 valence electrons. The number of rotatable bonds is 5. The Morgan fingerprint density at radius 2 is 1.83 bits per heavy atom. The quantitative estimate of drug-likeness (QED) is 0.835. The number of fused-ring (bicyclic) bond motifs is 1. The van der Waals surface area contributed by atoms with E-state index in [4.69, 9.17) is 10.1 Å². The maximum absolute atomic E-state index is 7.90. The summed E-state index contributed by atoms with van der Waals surface area (Å²) >= 11 is 0. The van der Waals surface area contributed by atoms with E-state index in [1.807, 2.05) is 0 Å². The molecule has 0 fully saturated rings. The summed E-state index contributed by atoms with van der Waals surface area (Å²) in [6.07, 6.45) is 2.34. The lowest BCUT2D eigenvalue weighted by molar-refractivity contribution is 0.0436. The molecule has 2 N–H and O–H groups in total. The van der Waals surface area contributed by atoms with Crippen molar-refractivity contribution in [3.05, 3.63) is 22.8 Å². The Balaban J connectivity index is 2.37. The van der Waals surface area contributed by atoms with E-state index in [-0.39, 0.29) is 6.23 Å². The van der Waals surface area contributed by atoms with Crippen LogP contribution in [-0.4, -0.2) is 22.4 Å². The van der Waals surface area contributed by atoms with Gasteiger partial charge in [-0.1, -0.05) is 20.8 Å². The van der Waals surface area contributed by atoms with E-state index < -0.39 is 0 Å². The van der Waals surface area contributed by atoms with Gasteiger partial charge in [-0.25, -0.2) is 9.97 Å². The molecule has 0 saturated carbocycles. The number of aromatic nitrogens is 2. The van der Waals surface area contributed by atoms with Gasteiger partial charge in [0.1, 0.15) is 17.2 Å². The zero-order valence-corrected chi connectivity index (χ0v) is 11.2. The number of hydrogen-bond acceptors (Lipinski definition) is 4. The fraction of sp³-hybridized carbons (Fsp3) is 0.615. The van der Waals surface area contributed by atoms with Crippen LogP contribution >= 0.6 is 0 Å². The van der Waals surface area contributed by atoms with E-state index in [1.165, 1.54) is 0 Å². The average molecular weight is 248 g/mol. The normalized spacial score (nSPS) is 17.7. The van der Waals surface area contributed by atoms with Gasteiger partial charge >= 0.3 is 0 Å². The summed E-state index contributed by atoms with van der Waals surface area (Å²) in [6, 6.07) is 0. The summed E-state index contributed by atoms with van der Waals surface area (Å²) in [5, 5.41) is 10.9. The molecule has 1 unspecified atom stereocenters. The summed E-state index contributed by atoms with van der Waals surface area (Å²) in [4.78, 5) is 9.19. The van der Waals surface area contributed by atoms with Gasteiger partial charge in [0.15, 0.2) is 6.23 Å². The maximum Gasteiger partial charge on any atom is 0.174 e. The van der Waals surface area contributed by atoms with Crippen LogP contribution in [0.4, 0.5) is 0 Å². The number of nitrogens with zero attached hydrogens (tertiary/aromatic N) is 2. The van der Waals surface area contributed by atoms with Crippen molar-refractivity contribution in [2.24, 2.45) is 0 Å². The molecule has 18 heavy (non-hydrogen) atoms. The molecule has 0 bridgehead atoms. The van der Waals surface area contributed by atoms with E-state index in [9.17, 15) is 0 Å². The molecule has 1 aromatic heterocycles. The van der Waals surface area contributed by atoms with Gasteiger partial charge in [0.25, 0.3) is 0 Å². The number of nitrogens with one attached hydrogen (secondary N) is 2. The van der Waals surface area contributed by atoms with Crippen LogP contribution in [0.3, 0.4) is 0 Å². The van der Waals surface area contributed by atoms with Crippen LogP contribution in [-0.2, 0) is 17.6 Å². The second kappa shape index (κ2) is 5.44. The van der Waals surface area contributed by atoms with Gasteiger partial charge in [0.2, 0.25) is 0 Å². The monoisotopic (exact) mass is 248 g/mol. The molecule has 5 nitrogen and oxygen atoms in total. The predicted molar refractivity (Wildman–Crippen MR) is 69.7 cm³/mol. The first-order valence-electron chi connectivity index (χ1n) is 6.57. The molecule has 5 heteroatoms. The second-order valence-corrected chi connectivity index (χ2v) is 4.33. The topological polar surface area (TPSA) is 70.9 Å². The smallest absolute Gasteiger partial charge is 0.174 e. The van der Waals surface area contributed by atoms with Gasteiger partial charge in [0.05, 0.1) is 11.4 Å². The standard InChI is InChI=1S/C13H20N4O/c1-4-7-18-13-11-10(12(14)17-13)15-8(5-2)9(6-3)16-11/h13H,4-7H2,1-3H3,(H2,14,17). The Labute approximate surface area is 107 Å². The first-order valence-corrected chi connectivity index (χ1v) is 6.57. The van der Waals surface area contributed by atoms with Crippen molar-refractivity contribution in [3.63, 3.8) is 0 Å². The lowest BCUT2D eigenvalue weighted by Crippen LogP contribution is -2.22. The van der Waals surface area contributed by atoms with Crippen molar-refractivity contribution >= 4 is 5.84 Å². The van der Waals surface area contributed by atoms with Crippen LogP contribution in [0.2, 0.25) is 0 Å². The van der Waals surface area contributed by atoms with E-state index in [2.05, 4.69) is 36.1 Å². The third kappa shape index (κ3) is 2.22. The van der Waals surface area contributed by atoms with E-state index in [0.717, 1.165) is 36.3 Å². The van der Waals surface area contributed by atoms with Crippen LogP contribution in [0, 0.1) is 5.41 Å². The highest BCUT2D eigenvalue weighted by atomic mass is 16.5. The minimum atomic E-state index is -0.309. The van der Waals surface area contributed by atoms with Crippen molar-refractivity contribution < 1.29 is 4.74 Å². The Morgan fingerprint density at radius 1 is 1.17 bits per heavy atom. The predicted octanol–water partition coefficient (Wildman–Crippen LogP) is 1.96. The molecule has 1 atom stereocenters.